The number of carboxylic acid groups (broad SMARTS) is 1. The number of carboxylic acids is 1. The zero-order valence-corrected chi connectivity index (χ0v) is 8.78. The minimum absolute atomic E-state index is 0.00145. The number of aromatic nitrogens is 1. The third-order valence-corrected chi connectivity index (χ3v) is 3.06. The highest BCUT2D eigenvalue weighted by Gasteiger charge is 2.11. The molecule has 0 aliphatic heterocycles. The lowest BCUT2D eigenvalue weighted by Gasteiger charge is -1.97. The van der Waals surface area contributed by atoms with E-state index >= 15 is 0 Å². The zero-order chi connectivity index (χ0) is 11.9. The molecule has 0 amide bonds. The number of aromatic amines is 1. The molecule has 0 unspecified atom stereocenters. The average Bonchev–Trinajstić information content (AvgIpc) is 2.58. The summed E-state index contributed by atoms with van der Waals surface area (Å²) < 4.78 is 22.1. The van der Waals surface area contributed by atoms with Gasteiger partial charge in [0.1, 0.15) is 5.69 Å². The summed E-state index contributed by atoms with van der Waals surface area (Å²) in [5, 5.41) is 14.3. The van der Waals surface area contributed by atoms with Crippen molar-refractivity contribution in [1.82, 2.24) is 4.98 Å². The van der Waals surface area contributed by atoms with Crippen molar-refractivity contribution >= 4 is 26.9 Å². The summed E-state index contributed by atoms with van der Waals surface area (Å²) in [5.41, 5.74) is 0.422. The average molecular weight is 240 g/mol. The van der Waals surface area contributed by atoms with Crippen LogP contribution >= 0.6 is 0 Å². The standard InChI is InChI=1S/C9H8N2O4S/c10-16(14,15)6-2-1-5-3-8(9(12)13)11-7(5)4-6/h1-4,11H,(H,12,13)(H2,10,14,15). The number of H-pyrrole nitrogens is 1. The van der Waals surface area contributed by atoms with E-state index in [9.17, 15) is 13.2 Å². The molecule has 2 aromatic rings. The largest absolute Gasteiger partial charge is 0.477 e. The molecule has 0 atom stereocenters. The number of aromatic carboxylic acids is 1. The second-order valence-electron chi connectivity index (χ2n) is 3.28. The molecule has 6 nitrogen and oxygen atoms in total. The van der Waals surface area contributed by atoms with Gasteiger partial charge in [-0.05, 0) is 18.2 Å². The van der Waals surface area contributed by atoms with E-state index in [1.807, 2.05) is 0 Å². The lowest BCUT2D eigenvalue weighted by molar-refractivity contribution is 0.0691. The number of hydrogen-bond donors (Lipinski definition) is 3. The Morgan fingerprint density at radius 1 is 1.31 bits per heavy atom. The first-order chi connectivity index (χ1) is 7.38. The number of rotatable bonds is 2. The number of carbonyl (C=O) groups is 1. The summed E-state index contributed by atoms with van der Waals surface area (Å²) in [6.45, 7) is 0. The van der Waals surface area contributed by atoms with E-state index in [0.29, 0.717) is 10.9 Å². The molecule has 0 aliphatic rings. The van der Waals surface area contributed by atoms with Crippen molar-refractivity contribution in [2.45, 2.75) is 4.90 Å². The first kappa shape index (κ1) is 10.7. The van der Waals surface area contributed by atoms with Crippen molar-refractivity contribution in [3.05, 3.63) is 30.0 Å². The molecule has 0 saturated carbocycles. The third-order valence-electron chi connectivity index (χ3n) is 2.15. The molecule has 0 spiro atoms. The second-order valence-corrected chi connectivity index (χ2v) is 4.84. The van der Waals surface area contributed by atoms with Crippen LogP contribution in [0.5, 0.6) is 0 Å². The quantitative estimate of drug-likeness (QED) is 0.709. The number of hydrogen-bond acceptors (Lipinski definition) is 3. The Kier molecular flexibility index (Phi) is 2.21. The maximum absolute atomic E-state index is 11.1. The number of benzene rings is 1. The van der Waals surface area contributed by atoms with Crippen LogP contribution < -0.4 is 5.14 Å². The van der Waals surface area contributed by atoms with E-state index in [1.165, 1.54) is 24.3 Å². The number of sulfonamides is 1. The van der Waals surface area contributed by atoms with Gasteiger partial charge in [-0.25, -0.2) is 18.4 Å². The third kappa shape index (κ3) is 1.77. The van der Waals surface area contributed by atoms with Crippen molar-refractivity contribution in [2.75, 3.05) is 0 Å². The first-order valence-electron chi connectivity index (χ1n) is 4.27. The van der Waals surface area contributed by atoms with Gasteiger partial charge in [-0.15, -0.1) is 0 Å². The van der Waals surface area contributed by atoms with Gasteiger partial charge >= 0.3 is 5.97 Å². The maximum Gasteiger partial charge on any atom is 0.352 e. The fourth-order valence-electron chi connectivity index (χ4n) is 1.40. The zero-order valence-electron chi connectivity index (χ0n) is 7.97. The summed E-state index contributed by atoms with van der Waals surface area (Å²) in [6.07, 6.45) is 0. The summed E-state index contributed by atoms with van der Waals surface area (Å²) in [4.78, 5) is 13.2. The van der Waals surface area contributed by atoms with Crippen LogP contribution in [-0.4, -0.2) is 24.5 Å². The molecular formula is C9H8N2O4S. The van der Waals surface area contributed by atoms with Gasteiger partial charge in [-0.1, -0.05) is 6.07 Å². The summed E-state index contributed by atoms with van der Waals surface area (Å²) in [5.74, 6) is -1.10. The van der Waals surface area contributed by atoms with E-state index < -0.39 is 16.0 Å². The van der Waals surface area contributed by atoms with Crippen LogP contribution in [0.2, 0.25) is 0 Å². The molecule has 7 heteroatoms. The van der Waals surface area contributed by atoms with Crippen LogP contribution in [0, 0.1) is 0 Å². The van der Waals surface area contributed by atoms with E-state index in [-0.39, 0.29) is 10.6 Å². The summed E-state index contributed by atoms with van der Waals surface area (Å²) in [6, 6.07) is 5.55. The lowest BCUT2D eigenvalue weighted by Crippen LogP contribution is -2.11. The summed E-state index contributed by atoms with van der Waals surface area (Å²) in [7, 11) is -3.77. The minimum Gasteiger partial charge on any atom is -0.477 e. The molecule has 1 heterocycles. The number of primary sulfonamides is 1. The van der Waals surface area contributed by atoms with Gasteiger partial charge in [0, 0.05) is 10.9 Å². The van der Waals surface area contributed by atoms with Crippen molar-refractivity contribution in [3.8, 4) is 0 Å². The SMILES string of the molecule is NS(=O)(=O)c1ccc2cc(C(=O)O)[nH]c2c1. The molecule has 16 heavy (non-hydrogen) atoms. The molecule has 2 rings (SSSR count). The predicted octanol–water partition coefficient (Wildman–Crippen LogP) is 0.514. The van der Waals surface area contributed by atoms with Crippen molar-refractivity contribution in [1.29, 1.82) is 0 Å². The van der Waals surface area contributed by atoms with Gasteiger partial charge in [0.25, 0.3) is 0 Å². The Labute approximate surface area is 90.7 Å². The topological polar surface area (TPSA) is 113 Å². The lowest BCUT2D eigenvalue weighted by atomic mass is 10.2. The van der Waals surface area contributed by atoms with Crippen LogP contribution in [-0.2, 0) is 10.0 Å². The fraction of sp³-hybridized carbons (Fsp3) is 0. The number of nitrogens with two attached hydrogens (primary N) is 1. The molecule has 0 saturated heterocycles. The molecular weight excluding hydrogens is 232 g/mol. The number of fused-ring (bicyclic) bond motifs is 1. The van der Waals surface area contributed by atoms with Gasteiger partial charge < -0.3 is 10.1 Å². The van der Waals surface area contributed by atoms with Crippen molar-refractivity contribution in [2.24, 2.45) is 5.14 Å². The Balaban J connectivity index is 2.67. The van der Waals surface area contributed by atoms with Crippen molar-refractivity contribution in [3.63, 3.8) is 0 Å². The van der Waals surface area contributed by atoms with Gasteiger partial charge in [-0.3, -0.25) is 0 Å². The molecule has 0 bridgehead atoms. The maximum atomic E-state index is 11.1. The monoisotopic (exact) mass is 240 g/mol. The van der Waals surface area contributed by atoms with Gasteiger partial charge in [-0.2, -0.15) is 0 Å². The van der Waals surface area contributed by atoms with E-state index in [4.69, 9.17) is 10.2 Å². The van der Waals surface area contributed by atoms with Crippen LogP contribution in [0.3, 0.4) is 0 Å². The molecule has 0 aliphatic carbocycles. The highest BCUT2D eigenvalue weighted by molar-refractivity contribution is 7.89. The minimum atomic E-state index is -3.77. The molecule has 1 aromatic heterocycles. The van der Waals surface area contributed by atoms with Crippen LogP contribution in [0.15, 0.2) is 29.2 Å². The van der Waals surface area contributed by atoms with Gasteiger partial charge in [0.15, 0.2) is 0 Å². The second kappa shape index (κ2) is 3.32. The van der Waals surface area contributed by atoms with E-state index in [0.717, 1.165) is 0 Å². The van der Waals surface area contributed by atoms with E-state index in [1.54, 1.807) is 0 Å². The molecule has 84 valence electrons. The number of nitrogens with one attached hydrogen (secondary N) is 1. The van der Waals surface area contributed by atoms with Crippen molar-refractivity contribution < 1.29 is 18.3 Å². The predicted molar refractivity (Wildman–Crippen MR) is 56.6 cm³/mol. The molecule has 0 radical (unpaired) electrons. The Hall–Kier alpha value is -1.86. The Morgan fingerprint density at radius 2 is 2.00 bits per heavy atom. The van der Waals surface area contributed by atoms with Crippen LogP contribution in [0.4, 0.5) is 0 Å². The highest BCUT2D eigenvalue weighted by Crippen LogP contribution is 2.19. The molecule has 1 aromatic carbocycles. The molecule has 4 N–H and O–H groups in total. The van der Waals surface area contributed by atoms with Crippen LogP contribution in [0.1, 0.15) is 10.5 Å². The molecule has 0 fully saturated rings. The van der Waals surface area contributed by atoms with E-state index in [2.05, 4.69) is 4.98 Å². The highest BCUT2D eigenvalue weighted by atomic mass is 32.2. The van der Waals surface area contributed by atoms with Gasteiger partial charge in [0.2, 0.25) is 10.0 Å². The fourth-order valence-corrected chi connectivity index (χ4v) is 1.94. The van der Waals surface area contributed by atoms with Gasteiger partial charge in [0.05, 0.1) is 4.90 Å². The normalized spacial score (nSPS) is 11.8. The Morgan fingerprint density at radius 3 is 2.56 bits per heavy atom. The van der Waals surface area contributed by atoms with Crippen LogP contribution in [0.25, 0.3) is 10.9 Å². The smallest absolute Gasteiger partial charge is 0.352 e. The summed E-state index contributed by atoms with van der Waals surface area (Å²) >= 11 is 0. The first-order valence-corrected chi connectivity index (χ1v) is 5.81. The Bertz CT molecular complexity index is 672.